The maximum atomic E-state index is 9.16. The van der Waals surface area contributed by atoms with E-state index < -0.39 is 0 Å². The Morgan fingerprint density at radius 3 is 2.39 bits per heavy atom. The molecule has 0 bridgehead atoms. The summed E-state index contributed by atoms with van der Waals surface area (Å²) in [4.78, 5) is 9.29. The van der Waals surface area contributed by atoms with Crippen molar-refractivity contribution in [3.63, 3.8) is 0 Å². The predicted molar refractivity (Wildman–Crippen MR) is 148 cm³/mol. The number of fused-ring (bicyclic) bond motifs is 1. The second kappa shape index (κ2) is 11.2. The van der Waals surface area contributed by atoms with Gasteiger partial charge in [-0.25, -0.2) is 0 Å². The summed E-state index contributed by atoms with van der Waals surface area (Å²) >= 11 is 12.6. The van der Waals surface area contributed by atoms with E-state index in [4.69, 9.17) is 33.3 Å². The van der Waals surface area contributed by atoms with Gasteiger partial charge in [-0.3, -0.25) is 9.97 Å². The van der Waals surface area contributed by atoms with Crippen molar-refractivity contribution in [2.45, 2.75) is 12.5 Å². The number of halogens is 2. The van der Waals surface area contributed by atoms with Crippen molar-refractivity contribution < 1.29 is 5.11 Å². The second-order valence-electron chi connectivity index (χ2n) is 8.62. The first-order chi connectivity index (χ1) is 17.6. The molecule has 2 heterocycles. The molecule has 0 aliphatic carbocycles. The van der Waals surface area contributed by atoms with Crippen LogP contribution in [0.4, 0.5) is 0 Å². The third-order valence-corrected chi connectivity index (χ3v) is 6.66. The molecule has 0 fully saturated rings. The fourth-order valence-corrected chi connectivity index (χ4v) is 4.85. The van der Waals surface area contributed by atoms with Gasteiger partial charge in [0.1, 0.15) is 0 Å². The van der Waals surface area contributed by atoms with Crippen LogP contribution in [0, 0.1) is 0 Å². The van der Waals surface area contributed by atoms with Crippen LogP contribution in [0.1, 0.15) is 28.3 Å². The van der Waals surface area contributed by atoms with Crippen LogP contribution >= 0.6 is 23.2 Å². The smallest absolute Gasteiger partial charge is 0.0712 e. The van der Waals surface area contributed by atoms with E-state index in [1.165, 1.54) is 0 Å². The van der Waals surface area contributed by atoms with E-state index in [1.807, 2.05) is 42.6 Å². The van der Waals surface area contributed by atoms with Gasteiger partial charge in [0.2, 0.25) is 0 Å². The number of benzene rings is 3. The SMILES string of the molecule is OCCNCc1cc(-c2cccc(Cl)c2)c2cc(C(c3ccc(Cl)cc3)c3cccnc3)ccc2n1. The van der Waals surface area contributed by atoms with Crippen LogP contribution in [-0.4, -0.2) is 28.2 Å². The number of hydrogen-bond donors (Lipinski definition) is 2. The summed E-state index contributed by atoms with van der Waals surface area (Å²) in [5.41, 5.74) is 7.26. The maximum Gasteiger partial charge on any atom is 0.0712 e. The molecule has 0 spiro atoms. The van der Waals surface area contributed by atoms with Crippen LogP contribution in [0.2, 0.25) is 10.0 Å². The number of nitrogens with zero attached hydrogens (tertiary/aromatic N) is 2. The molecule has 2 aromatic heterocycles. The third-order valence-electron chi connectivity index (χ3n) is 6.17. The molecule has 0 radical (unpaired) electrons. The third kappa shape index (κ3) is 5.43. The predicted octanol–water partition coefficient (Wildman–Crippen LogP) is 6.87. The lowest BCUT2D eigenvalue weighted by atomic mass is 9.85. The molecule has 0 saturated carbocycles. The van der Waals surface area contributed by atoms with E-state index in [2.05, 4.69) is 58.8 Å². The van der Waals surface area contributed by atoms with Gasteiger partial charge in [-0.15, -0.1) is 0 Å². The number of aliphatic hydroxyl groups is 1. The molecule has 1 atom stereocenters. The molecule has 6 heteroatoms. The minimum absolute atomic E-state index is 0.0153. The van der Waals surface area contributed by atoms with Crippen LogP contribution in [0.15, 0.2) is 97.3 Å². The summed E-state index contributed by atoms with van der Waals surface area (Å²) in [7, 11) is 0. The zero-order valence-electron chi connectivity index (χ0n) is 19.5. The first kappa shape index (κ1) is 24.4. The van der Waals surface area contributed by atoms with Crippen molar-refractivity contribution in [3.8, 4) is 11.1 Å². The maximum absolute atomic E-state index is 9.16. The molecular formula is C30H25Cl2N3O. The minimum atomic E-state index is -0.0153. The molecule has 5 rings (SSSR count). The van der Waals surface area contributed by atoms with Crippen LogP contribution in [0.25, 0.3) is 22.0 Å². The Balaban J connectivity index is 1.69. The summed E-state index contributed by atoms with van der Waals surface area (Å²) < 4.78 is 0. The van der Waals surface area contributed by atoms with Crippen molar-refractivity contribution in [2.24, 2.45) is 0 Å². The monoisotopic (exact) mass is 513 g/mol. The Morgan fingerprint density at radius 2 is 1.64 bits per heavy atom. The van der Waals surface area contributed by atoms with Crippen molar-refractivity contribution in [3.05, 3.63) is 130 Å². The molecule has 4 nitrogen and oxygen atoms in total. The topological polar surface area (TPSA) is 58.0 Å². The van der Waals surface area contributed by atoms with E-state index in [0.717, 1.165) is 44.4 Å². The van der Waals surface area contributed by atoms with Gasteiger partial charge in [-0.2, -0.15) is 0 Å². The molecule has 0 aliphatic rings. The molecule has 180 valence electrons. The Bertz CT molecular complexity index is 1470. The minimum Gasteiger partial charge on any atom is -0.395 e. The summed E-state index contributed by atoms with van der Waals surface area (Å²) in [6.07, 6.45) is 3.70. The average molecular weight is 514 g/mol. The second-order valence-corrected chi connectivity index (χ2v) is 9.49. The zero-order valence-corrected chi connectivity index (χ0v) is 21.0. The lowest BCUT2D eigenvalue weighted by molar-refractivity contribution is 0.291. The molecule has 36 heavy (non-hydrogen) atoms. The Labute approximate surface area is 220 Å². The molecule has 2 N–H and O–H groups in total. The number of aliphatic hydroxyl groups excluding tert-OH is 1. The highest BCUT2D eigenvalue weighted by molar-refractivity contribution is 6.31. The van der Waals surface area contributed by atoms with Gasteiger partial charge < -0.3 is 10.4 Å². The van der Waals surface area contributed by atoms with Crippen LogP contribution in [0.3, 0.4) is 0 Å². The largest absolute Gasteiger partial charge is 0.395 e. The lowest BCUT2D eigenvalue weighted by Gasteiger charge is -2.20. The average Bonchev–Trinajstić information content (AvgIpc) is 2.90. The van der Waals surface area contributed by atoms with E-state index in [-0.39, 0.29) is 12.5 Å². The fraction of sp³-hybridized carbons (Fsp3) is 0.133. The first-order valence-electron chi connectivity index (χ1n) is 11.8. The van der Waals surface area contributed by atoms with Crippen molar-refractivity contribution in [2.75, 3.05) is 13.2 Å². The number of hydrogen-bond acceptors (Lipinski definition) is 4. The van der Waals surface area contributed by atoms with Crippen LogP contribution in [-0.2, 0) is 6.54 Å². The van der Waals surface area contributed by atoms with Crippen molar-refractivity contribution >= 4 is 34.1 Å². The number of pyridine rings is 2. The highest BCUT2D eigenvalue weighted by Crippen LogP contribution is 2.37. The van der Waals surface area contributed by atoms with E-state index in [0.29, 0.717) is 23.1 Å². The van der Waals surface area contributed by atoms with E-state index >= 15 is 0 Å². The molecule has 0 saturated heterocycles. The lowest BCUT2D eigenvalue weighted by Crippen LogP contribution is -2.18. The normalized spacial score (nSPS) is 12.1. The van der Waals surface area contributed by atoms with Crippen molar-refractivity contribution in [1.82, 2.24) is 15.3 Å². The van der Waals surface area contributed by atoms with E-state index in [1.54, 1.807) is 6.20 Å². The standard InChI is InChI=1S/C30H25Cl2N3O/c31-24-9-6-20(7-10-24)30(23-4-2-12-33-18-23)22-8-11-29-28(16-22)27(21-3-1-5-25(32)15-21)17-26(35-29)19-34-13-14-36/h1-12,15-18,30,34,36H,13-14,19H2. The fourth-order valence-electron chi connectivity index (χ4n) is 4.54. The van der Waals surface area contributed by atoms with Gasteiger partial charge in [0.05, 0.1) is 17.8 Å². The Kier molecular flexibility index (Phi) is 7.59. The molecule has 5 aromatic rings. The summed E-state index contributed by atoms with van der Waals surface area (Å²) in [5.74, 6) is -0.0153. The van der Waals surface area contributed by atoms with E-state index in [9.17, 15) is 0 Å². The molecule has 1 unspecified atom stereocenters. The first-order valence-corrected chi connectivity index (χ1v) is 12.5. The Hall–Kier alpha value is -3.28. The quantitative estimate of drug-likeness (QED) is 0.222. The summed E-state index contributed by atoms with van der Waals surface area (Å²) in [6, 6.07) is 28.5. The van der Waals surface area contributed by atoms with Gasteiger partial charge in [-0.1, -0.05) is 59.6 Å². The van der Waals surface area contributed by atoms with Crippen LogP contribution < -0.4 is 5.32 Å². The molecule has 0 amide bonds. The summed E-state index contributed by atoms with van der Waals surface area (Å²) in [6.45, 7) is 1.16. The van der Waals surface area contributed by atoms with Gasteiger partial charge in [0, 0.05) is 46.8 Å². The highest BCUT2D eigenvalue weighted by Gasteiger charge is 2.19. The molecule has 3 aromatic carbocycles. The number of rotatable bonds is 8. The van der Waals surface area contributed by atoms with Gasteiger partial charge in [-0.05, 0) is 76.3 Å². The highest BCUT2D eigenvalue weighted by atomic mass is 35.5. The summed E-state index contributed by atoms with van der Waals surface area (Å²) in [5, 5.41) is 14.8. The van der Waals surface area contributed by atoms with Crippen LogP contribution in [0.5, 0.6) is 0 Å². The molecular weight excluding hydrogens is 489 g/mol. The Morgan fingerprint density at radius 1 is 0.806 bits per heavy atom. The van der Waals surface area contributed by atoms with Gasteiger partial charge >= 0.3 is 0 Å². The number of nitrogens with one attached hydrogen (secondary N) is 1. The molecule has 0 aliphatic heterocycles. The zero-order chi connectivity index (χ0) is 24.9. The van der Waals surface area contributed by atoms with Gasteiger partial charge in [0.25, 0.3) is 0 Å². The van der Waals surface area contributed by atoms with Crippen molar-refractivity contribution in [1.29, 1.82) is 0 Å². The number of aromatic nitrogens is 2. The van der Waals surface area contributed by atoms with Gasteiger partial charge in [0.15, 0.2) is 0 Å².